The summed E-state index contributed by atoms with van der Waals surface area (Å²) >= 11 is 0. The molecule has 3 N–H and O–H groups in total. The Hall–Kier alpha value is -2.16. The Morgan fingerprint density at radius 1 is 1.32 bits per heavy atom. The minimum Gasteiger partial charge on any atom is -0.355 e. The highest BCUT2D eigenvalue weighted by atomic mass is 19.4. The summed E-state index contributed by atoms with van der Waals surface area (Å²) in [6.07, 6.45) is -3.62. The monoisotopic (exact) mass is 361 g/mol. The van der Waals surface area contributed by atoms with Gasteiger partial charge in [0.05, 0.1) is 17.0 Å². The minimum absolute atomic E-state index is 0.0327. The molecule has 138 valence electrons. The standard InChI is InChI=1S/C16H19F4N3O2/c17-13-4-3-11(16(18,19)20)8-12(13)15(25)23-7-1-2-10(9-23)14(24)22-6-5-21/h3-4,8,10H,1-2,5-7,9,21H2,(H,22,24). The van der Waals surface area contributed by atoms with Crippen LogP contribution >= 0.6 is 0 Å². The van der Waals surface area contributed by atoms with Crippen LogP contribution in [-0.2, 0) is 11.0 Å². The number of carbonyl (C=O) groups is 2. The highest BCUT2D eigenvalue weighted by Gasteiger charge is 2.34. The van der Waals surface area contributed by atoms with Crippen molar-refractivity contribution in [3.8, 4) is 0 Å². The maximum absolute atomic E-state index is 13.9. The number of hydrogen-bond donors (Lipinski definition) is 2. The molecule has 0 aromatic heterocycles. The minimum atomic E-state index is -4.67. The van der Waals surface area contributed by atoms with Crippen molar-refractivity contribution in [3.63, 3.8) is 0 Å². The molecule has 25 heavy (non-hydrogen) atoms. The van der Waals surface area contributed by atoms with Gasteiger partial charge in [0.2, 0.25) is 5.91 Å². The number of alkyl halides is 3. The van der Waals surface area contributed by atoms with Crippen molar-refractivity contribution in [1.82, 2.24) is 10.2 Å². The summed E-state index contributed by atoms with van der Waals surface area (Å²) < 4.78 is 52.2. The lowest BCUT2D eigenvalue weighted by atomic mass is 9.96. The molecule has 5 nitrogen and oxygen atoms in total. The number of benzene rings is 1. The van der Waals surface area contributed by atoms with E-state index in [1.165, 1.54) is 4.90 Å². The number of halogens is 4. The van der Waals surface area contributed by atoms with Crippen molar-refractivity contribution in [2.75, 3.05) is 26.2 Å². The van der Waals surface area contributed by atoms with Crippen LogP contribution in [0.25, 0.3) is 0 Å². The second-order valence-corrected chi connectivity index (χ2v) is 5.86. The van der Waals surface area contributed by atoms with Crippen LogP contribution in [0.5, 0.6) is 0 Å². The number of piperidine rings is 1. The van der Waals surface area contributed by atoms with Gasteiger partial charge in [-0.25, -0.2) is 4.39 Å². The third-order valence-electron chi connectivity index (χ3n) is 4.05. The molecule has 9 heteroatoms. The maximum Gasteiger partial charge on any atom is 0.416 e. The van der Waals surface area contributed by atoms with E-state index in [4.69, 9.17) is 5.73 Å². The Bertz CT molecular complexity index is 649. The average Bonchev–Trinajstić information content (AvgIpc) is 2.58. The van der Waals surface area contributed by atoms with E-state index in [0.29, 0.717) is 37.6 Å². The third-order valence-corrected chi connectivity index (χ3v) is 4.05. The molecule has 0 radical (unpaired) electrons. The molecule has 1 aliphatic rings. The maximum atomic E-state index is 13.9. The molecule has 0 spiro atoms. The quantitative estimate of drug-likeness (QED) is 0.803. The van der Waals surface area contributed by atoms with Crippen molar-refractivity contribution in [2.24, 2.45) is 11.7 Å². The Balaban J connectivity index is 2.16. The largest absolute Gasteiger partial charge is 0.416 e. The van der Waals surface area contributed by atoms with E-state index in [9.17, 15) is 27.2 Å². The summed E-state index contributed by atoms with van der Waals surface area (Å²) in [5, 5.41) is 2.62. The number of amides is 2. The average molecular weight is 361 g/mol. The topological polar surface area (TPSA) is 75.4 Å². The van der Waals surface area contributed by atoms with Gasteiger partial charge in [0.15, 0.2) is 0 Å². The van der Waals surface area contributed by atoms with Crippen LogP contribution in [-0.4, -0.2) is 42.9 Å². The predicted molar refractivity (Wildman–Crippen MR) is 82.1 cm³/mol. The zero-order valence-corrected chi connectivity index (χ0v) is 13.4. The van der Waals surface area contributed by atoms with Crippen LogP contribution in [0, 0.1) is 11.7 Å². The van der Waals surface area contributed by atoms with Crippen LogP contribution in [0.3, 0.4) is 0 Å². The van der Waals surface area contributed by atoms with Crippen molar-refractivity contribution in [3.05, 3.63) is 35.1 Å². The molecule has 1 aliphatic heterocycles. The molecular formula is C16H19F4N3O2. The fourth-order valence-electron chi connectivity index (χ4n) is 2.75. The van der Waals surface area contributed by atoms with E-state index >= 15 is 0 Å². The van der Waals surface area contributed by atoms with Crippen LogP contribution < -0.4 is 11.1 Å². The molecule has 2 rings (SSSR count). The molecule has 1 saturated heterocycles. The van der Waals surface area contributed by atoms with Crippen LogP contribution in [0.15, 0.2) is 18.2 Å². The lowest BCUT2D eigenvalue weighted by Gasteiger charge is -2.32. The molecule has 0 saturated carbocycles. The molecule has 1 fully saturated rings. The van der Waals surface area contributed by atoms with Gasteiger partial charge in [0.25, 0.3) is 5.91 Å². The molecule has 1 atom stereocenters. The Morgan fingerprint density at radius 2 is 2.04 bits per heavy atom. The first kappa shape index (κ1) is 19.2. The van der Waals surface area contributed by atoms with E-state index in [2.05, 4.69) is 5.32 Å². The van der Waals surface area contributed by atoms with Crippen molar-refractivity contribution >= 4 is 11.8 Å². The summed E-state index contributed by atoms with van der Waals surface area (Å²) in [4.78, 5) is 25.7. The van der Waals surface area contributed by atoms with Crippen LogP contribution in [0.4, 0.5) is 17.6 Å². The summed E-state index contributed by atoms with van der Waals surface area (Å²) in [7, 11) is 0. The number of likely N-dealkylation sites (tertiary alicyclic amines) is 1. The summed E-state index contributed by atoms with van der Waals surface area (Å²) in [6, 6.07) is 1.73. The van der Waals surface area contributed by atoms with Crippen molar-refractivity contribution in [2.45, 2.75) is 19.0 Å². The lowest BCUT2D eigenvalue weighted by molar-refractivity contribution is -0.137. The fourth-order valence-corrected chi connectivity index (χ4v) is 2.75. The molecule has 1 aromatic carbocycles. The normalized spacial score (nSPS) is 18.1. The Labute approximate surface area is 142 Å². The van der Waals surface area contributed by atoms with Crippen molar-refractivity contribution in [1.29, 1.82) is 0 Å². The van der Waals surface area contributed by atoms with E-state index in [1.807, 2.05) is 0 Å². The Kier molecular flexibility index (Phi) is 5.99. The van der Waals surface area contributed by atoms with Gasteiger partial charge in [-0.05, 0) is 31.0 Å². The number of nitrogens with two attached hydrogens (primary N) is 1. The number of nitrogens with zero attached hydrogens (tertiary/aromatic N) is 1. The number of carbonyl (C=O) groups excluding carboxylic acids is 2. The lowest BCUT2D eigenvalue weighted by Crippen LogP contribution is -2.46. The number of rotatable bonds is 4. The second kappa shape index (κ2) is 7.81. The molecule has 1 heterocycles. The highest BCUT2D eigenvalue weighted by molar-refractivity contribution is 5.95. The SMILES string of the molecule is NCCNC(=O)C1CCCN(C(=O)c2cc(C(F)(F)F)ccc2F)C1. The van der Waals surface area contributed by atoms with E-state index in [0.717, 1.165) is 0 Å². The number of nitrogens with one attached hydrogen (secondary N) is 1. The van der Waals surface area contributed by atoms with Gasteiger partial charge >= 0.3 is 6.18 Å². The third kappa shape index (κ3) is 4.68. The molecule has 1 unspecified atom stereocenters. The first-order valence-electron chi connectivity index (χ1n) is 7.88. The number of hydrogen-bond acceptors (Lipinski definition) is 3. The van der Waals surface area contributed by atoms with Gasteiger partial charge < -0.3 is 16.0 Å². The van der Waals surface area contributed by atoms with Gasteiger partial charge in [-0.2, -0.15) is 13.2 Å². The first-order chi connectivity index (χ1) is 11.7. The van der Waals surface area contributed by atoms with Gasteiger partial charge in [-0.15, -0.1) is 0 Å². The summed E-state index contributed by atoms with van der Waals surface area (Å²) in [5.74, 6) is -2.63. The zero-order valence-electron chi connectivity index (χ0n) is 13.4. The molecular weight excluding hydrogens is 342 g/mol. The van der Waals surface area contributed by atoms with Gasteiger partial charge in [-0.3, -0.25) is 9.59 Å². The zero-order chi connectivity index (χ0) is 18.6. The van der Waals surface area contributed by atoms with E-state index in [-0.39, 0.29) is 25.5 Å². The Morgan fingerprint density at radius 3 is 2.68 bits per heavy atom. The molecule has 0 aliphatic carbocycles. The molecule has 1 aromatic rings. The smallest absolute Gasteiger partial charge is 0.355 e. The summed E-state index contributed by atoms with van der Waals surface area (Å²) in [5.41, 5.74) is 3.58. The van der Waals surface area contributed by atoms with Crippen LogP contribution in [0.2, 0.25) is 0 Å². The van der Waals surface area contributed by atoms with Crippen molar-refractivity contribution < 1.29 is 27.2 Å². The highest BCUT2D eigenvalue weighted by Crippen LogP contribution is 2.31. The fraction of sp³-hybridized carbons (Fsp3) is 0.500. The first-order valence-corrected chi connectivity index (χ1v) is 7.88. The predicted octanol–water partition coefficient (Wildman–Crippen LogP) is 1.77. The molecule has 2 amide bonds. The van der Waals surface area contributed by atoms with E-state index in [1.54, 1.807) is 0 Å². The summed E-state index contributed by atoms with van der Waals surface area (Å²) in [6.45, 7) is 0.863. The second-order valence-electron chi connectivity index (χ2n) is 5.86. The van der Waals surface area contributed by atoms with Gasteiger partial charge in [-0.1, -0.05) is 0 Å². The van der Waals surface area contributed by atoms with Crippen LogP contribution in [0.1, 0.15) is 28.8 Å². The van der Waals surface area contributed by atoms with E-state index < -0.39 is 34.9 Å². The molecule has 0 bridgehead atoms. The van der Waals surface area contributed by atoms with Gasteiger partial charge in [0, 0.05) is 26.2 Å². The van der Waals surface area contributed by atoms with Gasteiger partial charge in [0.1, 0.15) is 5.82 Å².